The second-order valence-corrected chi connectivity index (χ2v) is 5.93. The molecule has 0 aliphatic rings. The molecule has 0 unspecified atom stereocenters. The van der Waals surface area contributed by atoms with Crippen molar-refractivity contribution in [1.82, 2.24) is 10.2 Å². The summed E-state index contributed by atoms with van der Waals surface area (Å²) in [5.74, 6) is 6.51. The molecule has 1 heterocycles. The van der Waals surface area contributed by atoms with Gasteiger partial charge in [0.25, 0.3) is 0 Å². The molecule has 3 aromatic rings. The van der Waals surface area contributed by atoms with E-state index in [9.17, 15) is 0 Å². The lowest BCUT2D eigenvalue weighted by molar-refractivity contribution is 0.350. The minimum Gasteiger partial charge on any atom is -0.495 e. The number of anilines is 1. The SMILES string of the molecule is C.Cl.[C-]#[N+]c1ccc2c(C#CCO)nnc(NCc3ccc(OC)c(Cl)c3)c2c1. The Morgan fingerprint density at radius 1 is 1.21 bits per heavy atom. The molecule has 0 radical (unpaired) electrons. The van der Waals surface area contributed by atoms with Crippen LogP contribution >= 0.6 is 24.0 Å². The standard InChI is InChI=1S/C20H15ClN4O2.CH4.ClH/c1-22-14-6-7-15-16(11-14)20(25-24-18(15)4-3-9-26)23-12-13-5-8-19(27-2)17(21)10-13;;/h5-8,10-11,26H,9,12H2,2H3,(H,23,25);1H4;1H. The van der Waals surface area contributed by atoms with Gasteiger partial charge in [0.05, 0.1) is 18.7 Å². The minimum atomic E-state index is -0.262. The summed E-state index contributed by atoms with van der Waals surface area (Å²) >= 11 is 6.17. The number of methoxy groups -OCH3 is 1. The molecule has 0 aliphatic heterocycles. The summed E-state index contributed by atoms with van der Waals surface area (Å²) in [6, 6.07) is 10.7. The van der Waals surface area contributed by atoms with E-state index < -0.39 is 0 Å². The first-order chi connectivity index (χ1) is 13.2. The fraction of sp³-hybridized carbons (Fsp3) is 0.190. The largest absolute Gasteiger partial charge is 0.495 e. The highest BCUT2D eigenvalue weighted by Gasteiger charge is 2.10. The van der Waals surface area contributed by atoms with Gasteiger partial charge < -0.3 is 15.2 Å². The van der Waals surface area contributed by atoms with Crippen LogP contribution in [0, 0.1) is 18.4 Å². The Bertz CT molecular complexity index is 1100. The van der Waals surface area contributed by atoms with Gasteiger partial charge in [-0.3, -0.25) is 0 Å². The van der Waals surface area contributed by atoms with E-state index >= 15 is 0 Å². The normalized spacial score (nSPS) is 9.31. The van der Waals surface area contributed by atoms with E-state index in [0.717, 1.165) is 16.3 Å². The molecule has 2 aromatic carbocycles. The lowest BCUT2D eigenvalue weighted by atomic mass is 10.1. The van der Waals surface area contributed by atoms with Crippen LogP contribution in [0.25, 0.3) is 15.6 Å². The molecule has 150 valence electrons. The molecule has 0 saturated heterocycles. The van der Waals surface area contributed by atoms with Gasteiger partial charge in [0.15, 0.2) is 11.5 Å². The van der Waals surface area contributed by atoms with Crippen molar-refractivity contribution in [1.29, 1.82) is 0 Å². The van der Waals surface area contributed by atoms with Crippen molar-refractivity contribution in [3.63, 3.8) is 0 Å². The second kappa shape index (κ2) is 11.1. The number of aromatic nitrogens is 2. The van der Waals surface area contributed by atoms with Gasteiger partial charge in [-0.2, -0.15) is 0 Å². The summed E-state index contributed by atoms with van der Waals surface area (Å²) in [4.78, 5) is 3.47. The van der Waals surface area contributed by atoms with Crippen LogP contribution in [0.1, 0.15) is 18.7 Å². The van der Waals surface area contributed by atoms with Crippen LogP contribution < -0.4 is 10.1 Å². The highest BCUT2D eigenvalue weighted by molar-refractivity contribution is 6.32. The summed E-state index contributed by atoms with van der Waals surface area (Å²) in [5, 5.41) is 22.5. The third kappa shape index (κ3) is 5.49. The van der Waals surface area contributed by atoms with E-state index in [0.29, 0.717) is 34.5 Å². The molecule has 0 atom stereocenters. The van der Waals surface area contributed by atoms with Crippen LogP contribution in [0.4, 0.5) is 11.5 Å². The van der Waals surface area contributed by atoms with Crippen LogP contribution in [0.3, 0.4) is 0 Å². The lowest BCUT2D eigenvalue weighted by Gasteiger charge is -2.11. The first kappa shape index (κ1) is 24.0. The molecule has 3 rings (SSSR count). The Labute approximate surface area is 181 Å². The van der Waals surface area contributed by atoms with Crippen LogP contribution in [0.15, 0.2) is 36.4 Å². The number of fused-ring (bicyclic) bond motifs is 1. The van der Waals surface area contributed by atoms with Crippen LogP contribution in [0.2, 0.25) is 5.02 Å². The van der Waals surface area contributed by atoms with Gasteiger partial charge in [0.1, 0.15) is 18.1 Å². The maximum atomic E-state index is 8.91. The van der Waals surface area contributed by atoms with E-state index in [1.54, 1.807) is 31.4 Å². The van der Waals surface area contributed by atoms with Gasteiger partial charge in [0, 0.05) is 17.3 Å². The topological polar surface area (TPSA) is 71.6 Å². The van der Waals surface area contributed by atoms with E-state index in [1.165, 1.54) is 0 Å². The van der Waals surface area contributed by atoms with Crippen LogP contribution in [-0.2, 0) is 6.54 Å². The fourth-order valence-electron chi connectivity index (χ4n) is 2.56. The van der Waals surface area contributed by atoms with Crippen molar-refractivity contribution in [2.75, 3.05) is 19.0 Å². The first-order valence-electron chi connectivity index (χ1n) is 8.00. The fourth-order valence-corrected chi connectivity index (χ4v) is 2.84. The number of aliphatic hydroxyl groups is 1. The minimum absolute atomic E-state index is 0. The smallest absolute Gasteiger partial charge is 0.188 e. The van der Waals surface area contributed by atoms with E-state index in [2.05, 4.69) is 32.2 Å². The molecule has 0 spiro atoms. The van der Waals surface area contributed by atoms with E-state index in [1.807, 2.05) is 12.1 Å². The number of ether oxygens (including phenoxy) is 1. The molecular weight excluding hydrogens is 411 g/mol. The Morgan fingerprint density at radius 2 is 2.00 bits per heavy atom. The van der Waals surface area contributed by atoms with E-state index in [4.69, 9.17) is 28.0 Å². The van der Waals surface area contributed by atoms with E-state index in [-0.39, 0.29) is 26.4 Å². The van der Waals surface area contributed by atoms with Crippen LogP contribution in [0.5, 0.6) is 5.75 Å². The van der Waals surface area contributed by atoms with Crippen LogP contribution in [-0.4, -0.2) is 29.0 Å². The molecule has 0 amide bonds. The summed E-state index contributed by atoms with van der Waals surface area (Å²) < 4.78 is 5.16. The number of aliphatic hydroxyl groups excluding tert-OH is 1. The van der Waals surface area contributed by atoms with Gasteiger partial charge in [0.2, 0.25) is 0 Å². The van der Waals surface area contributed by atoms with Gasteiger partial charge >= 0.3 is 0 Å². The molecule has 0 saturated carbocycles. The maximum Gasteiger partial charge on any atom is 0.188 e. The van der Waals surface area contributed by atoms with Gasteiger partial charge in [-0.25, -0.2) is 4.85 Å². The number of nitrogens with one attached hydrogen (secondary N) is 1. The van der Waals surface area contributed by atoms with Crippen molar-refractivity contribution in [3.8, 4) is 17.6 Å². The highest BCUT2D eigenvalue weighted by Crippen LogP contribution is 2.29. The van der Waals surface area contributed by atoms with Gasteiger partial charge in [-0.15, -0.1) is 22.6 Å². The quantitative estimate of drug-likeness (QED) is 0.456. The highest BCUT2D eigenvalue weighted by atomic mass is 35.5. The average Bonchev–Trinajstić information content (AvgIpc) is 2.70. The molecule has 1 aromatic heterocycles. The Morgan fingerprint density at radius 3 is 2.66 bits per heavy atom. The van der Waals surface area contributed by atoms with Crippen molar-refractivity contribution < 1.29 is 9.84 Å². The second-order valence-electron chi connectivity index (χ2n) is 5.52. The van der Waals surface area contributed by atoms with Gasteiger partial charge in [-0.1, -0.05) is 43.1 Å². The zero-order valence-corrected chi connectivity index (χ0v) is 16.4. The number of benzene rings is 2. The van der Waals surface area contributed by atoms with Crippen molar-refractivity contribution in [2.45, 2.75) is 14.0 Å². The predicted molar refractivity (Wildman–Crippen MR) is 119 cm³/mol. The molecular formula is C21H20Cl2N4O2. The predicted octanol–water partition coefficient (Wildman–Crippen LogP) is 4.86. The third-order valence-corrected chi connectivity index (χ3v) is 4.15. The number of rotatable bonds is 4. The third-order valence-electron chi connectivity index (χ3n) is 3.85. The zero-order chi connectivity index (χ0) is 19.2. The zero-order valence-electron chi connectivity index (χ0n) is 14.9. The molecule has 2 N–H and O–H groups in total. The number of hydrogen-bond donors (Lipinski definition) is 2. The molecule has 6 nitrogen and oxygen atoms in total. The summed E-state index contributed by atoms with van der Waals surface area (Å²) in [6.07, 6.45) is 0. The molecule has 29 heavy (non-hydrogen) atoms. The molecule has 8 heteroatoms. The summed E-state index contributed by atoms with van der Waals surface area (Å²) in [5.41, 5.74) is 1.89. The Kier molecular flexibility index (Phi) is 9.18. The molecule has 0 fully saturated rings. The summed E-state index contributed by atoms with van der Waals surface area (Å²) in [7, 11) is 1.57. The summed E-state index contributed by atoms with van der Waals surface area (Å²) in [6.45, 7) is 7.44. The van der Waals surface area contributed by atoms with Crippen molar-refractivity contribution in [3.05, 3.63) is 64.1 Å². The van der Waals surface area contributed by atoms with Gasteiger partial charge in [-0.05, 0) is 29.7 Å². The monoisotopic (exact) mass is 430 g/mol. The van der Waals surface area contributed by atoms with Crippen molar-refractivity contribution >= 4 is 46.3 Å². The molecule has 0 bridgehead atoms. The number of nitrogens with zero attached hydrogens (tertiary/aromatic N) is 3. The lowest BCUT2D eigenvalue weighted by Crippen LogP contribution is -2.04. The molecule has 0 aliphatic carbocycles. The number of hydrogen-bond acceptors (Lipinski definition) is 5. The maximum absolute atomic E-state index is 8.91. The first-order valence-corrected chi connectivity index (χ1v) is 8.38. The average molecular weight is 431 g/mol. The number of halogens is 2. The Hall–Kier alpha value is -3.03. The Balaban J connectivity index is 0.00000210. The van der Waals surface area contributed by atoms with Crippen molar-refractivity contribution in [2.24, 2.45) is 0 Å².